The number of halogens is 3. The highest BCUT2D eigenvalue weighted by molar-refractivity contribution is 5.85. The van der Waals surface area contributed by atoms with Crippen LogP contribution in [0.15, 0.2) is 48.5 Å². The van der Waals surface area contributed by atoms with Crippen molar-refractivity contribution in [2.45, 2.75) is 64.6 Å². The number of nitrogens with zero attached hydrogens (tertiary/aromatic N) is 2. The van der Waals surface area contributed by atoms with Gasteiger partial charge in [0.25, 0.3) is 6.47 Å². The van der Waals surface area contributed by atoms with Crippen molar-refractivity contribution in [2.75, 3.05) is 32.7 Å². The molecule has 222 valence electrons. The maximum absolute atomic E-state index is 13.4. The number of rotatable bonds is 5. The molecule has 1 aromatic heterocycles. The van der Waals surface area contributed by atoms with Crippen LogP contribution in [0.4, 0.5) is 13.2 Å². The predicted octanol–water partition coefficient (Wildman–Crippen LogP) is 7.01. The number of carbonyl (C=O) groups is 1. The second-order valence-corrected chi connectivity index (χ2v) is 12.7. The summed E-state index contributed by atoms with van der Waals surface area (Å²) < 4.78 is 40.2. The molecule has 1 aliphatic carbocycles. The lowest BCUT2D eigenvalue weighted by Gasteiger charge is -2.42. The molecule has 2 saturated heterocycles. The number of hydrogen-bond acceptors (Lipinski definition) is 3. The molecule has 3 aliphatic rings. The maximum Gasteiger partial charge on any atom is 0.416 e. The van der Waals surface area contributed by atoms with Crippen molar-refractivity contribution >= 4 is 17.4 Å². The monoisotopic (exact) mass is 569 g/mol. The molecule has 0 amide bonds. The highest BCUT2D eigenvalue weighted by Gasteiger charge is 2.37. The number of alkyl halides is 3. The minimum atomic E-state index is -4.30. The standard InChI is InChI=1S/C32H40F3N3.CH2O2/c1-31(12-6-15-38(22-31)20-23-7-3-2-4-8-23)13-16-37-14-5-9-24-18-30-27(17-25(24)21-37)28-19-26(32(33,34)35)10-11-29(28)36-30;2-1-3/h2-4,7-8,10-11,19,24-25,36H,5-6,9,12-18,20-22H2,1H3;1H,(H,2,3). The lowest BCUT2D eigenvalue weighted by molar-refractivity contribution is -0.137. The molecule has 2 aromatic carbocycles. The summed E-state index contributed by atoms with van der Waals surface area (Å²) >= 11 is 0. The van der Waals surface area contributed by atoms with Crippen molar-refractivity contribution in [3.05, 3.63) is 70.9 Å². The predicted molar refractivity (Wildman–Crippen MR) is 156 cm³/mol. The van der Waals surface area contributed by atoms with E-state index in [0.29, 0.717) is 17.3 Å². The first-order valence-corrected chi connectivity index (χ1v) is 14.9. The third-order valence-electron chi connectivity index (χ3n) is 9.60. The van der Waals surface area contributed by atoms with Crippen LogP contribution < -0.4 is 0 Å². The van der Waals surface area contributed by atoms with Gasteiger partial charge in [-0.2, -0.15) is 13.2 Å². The maximum atomic E-state index is 13.4. The van der Waals surface area contributed by atoms with Gasteiger partial charge in [0.05, 0.1) is 5.56 Å². The number of fused-ring (bicyclic) bond motifs is 4. The molecule has 8 heteroatoms. The summed E-state index contributed by atoms with van der Waals surface area (Å²) in [5.74, 6) is 1.14. The molecule has 0 bridgehead atoms. The fraction of sp³-hybridized carbons (Fsp3) is 0.545. The molecule has 6 rings (SSSR count). The average Bonchev–Trinajstić information content (AvgIpc) is 3.15. The van der Waals surface area contributed by atoms with Crippen LogP contribution in [0.5, 0.6) is 0 Å². The Hall–Kier alpha value is -2.84. The van der Waals surface area contributed by atoms with E-state index in [2.05, 4.69) is 52.0 Å². The molecular weight excluding hydrogens is 527 g/mol. The zero-order valence-electron chi connectivity index (χ0n) is 23.9. The molecule has 3 atom stereocenters. The quantitative estimate of drug-likeness (QED) is 0.325. The summed E-state index contributed by atoms with van der Waals surface area (Å²) in [6.45, 7) is 8.93. The van der Waals surface area contributed by atoms with E-state index in [9.17, 15) is 13.2 Å². The lowest BCUT2D eigenvalue weighted by atomic mass is 9.76. The first-order chi connectivity index (χ1) is 19.7. The van der Waals surface area contributed by atoms with Crippen molar-refractivity contribution in [3.63, 3.8) is 0 Å². The third-order valence-corrected chi connectivity index (χ3v) is 9.60. The highest BCUT2D eigenvalue weighted by atomic mass is 19.4. The molecule has 0 radical (unpaired) electrons. The summed E-state index contributed by atoms with van der Waals surface area (Å²) in [5.41, 5.74) is 4.34. The first kappa shape index (κ1) is 29.6. The second-order valence-electron chi connectivity index (χ2n) is 12.7. The number of carboxylic acid groups (broad SMARTS) is 1. The Bertz CT molecular complexity index is 1310. The average molecular weight is 570 g/mol. The SMILES string of the molecule is CC1(CCN2CCCC3Cc4[nH]c5ccc(C(F)(F)F)cc5c4CC3C2)CCCN(Cc2ccccc2)C1.O=CO. The Balaban J connectivity index is 0.00000108. The fourth-order valence-corrected chi connectivity index (χ4v) is 7.54. The van der Waals surface area contributed by atoms with Gasteiger partial charge in [0.2, 0.25) is 0 Å². The number of benzene rings is 2. The lowest BCUT2D eigenvalue weighted by Crippen LogP contribution is -2.43. The topological polar surface area (TPSA) is 59.6 Å². The third kappa shape index (κ3) is 7.15. The summed E-state index contributed by atoms with van der Waals surface area (Å²) in [6.07, 6.45) is 3.74. The molecule has 2 fully saturated rings. The Morgan fingerprint density at radius 3 is 2.56 bits per heavy atom. The molecule has 0 saturated carbocycles. The van der Waals surface area contributed by atoms with Crippen LogP contribution in [-0.4, -0.2) is 59.1 Å². The van der Waals surface area contributed by atoms with Crippen molar-refractivity contribution in [2.24, 2.45) is 17.3 Å². The Morgan fingerprint density at radius 1 is 1.05 bits per heavy atom. The van der Waals surface area contributed by atoms with E-state index in [1.807, 2.05) is 0 Å². The molecule has 5 nitrogen and oxygen atoms in total. The van der Waals surface area contributed by atoms with Crippen LogP contribution in [0.25, 0.3) is 10.9 Å². The summed E-state index contributed by atoms with van der Waals surface area (Å²) in [5, 5.41) is 7.66. The van der Waals surface area contributed by atoms with Gasteiger partial charge in [0.1, 0.15) is 0 Å². The molecule has 3 aromatic rings. The van der Waals surface area contributed by atoms with Gasteiger partial charge < -0.3 is 15.0 Å². The first-order valence-electron chi connectivity index (χ1n) is 14.9. The number of aromatic amines is 1. The van der Waals surface area contributed by atoms with Crippen LogP contribution in [0, 0.1) is 17.3 Å². The van der Waals surface area contributed by atoms with E-state index in [1.165, 1.54) is 62.0 Å². The number of nitrogens with one attached hydrogen (secondary N) is 1. The van der Waals surface area contributed by atoms with E-state index >= 15 is 0 Å². The van der Waals surface area contributed by atoms with Crippen LogP contribution >= 0.6 is 0 Å². The molecule has 2 aliphatic heterocycles. The number of hydrogen-bond donors (Lipinski definition) is 2. The van der Waals surface area contributed by atoms with Gasteiger partial charge in [0.15, 0.2) is 0 Å². The van der Waals surface area contributed by atoms with Crippen LogP contribution in [0.2, 0.25) is 0 Å². The zero-order chi connectivity index (χ0) is 29.0. The second kappa shape index (κ2) is 12.6. The van der Waals surface area contributed by atoms with E-state index in [4.69, 9.17) is 9.90 Å². The van der Waals surface area contributed by atoms with Gasteiger partial charge in [-0.05, 0) is 111 Å². The summed E-state index contributed by atoms with van der Waals surface area (Å²) in [7, 11) is 0. The molecule has 41 heavy (non-hydrogen) atoms. The summed E-state index contributed by atoms with van der Waals surface area (Å²) in [4.78, 5) is 17.1. The van der Waals surface area contributed by atoms with Crippen molar-refractivity contribution < 1.29 is 23.1 Å². The van der Waals surface area contributed by atoms with E-state index in [0.717, 1.165) is 62.0 Å². The van der Waals surface area contributed by atoms with Crippen LogP contribution in [0.3, 0.4) is 0 Å². The Labute approximate surface area is 240 Å². The Kier molecular flexibility index (Phi) is 9.09. The van der Waals surface area contributed by atoms with Gasteiger partial charge in [-0.25, -0.2) is 0 Å². The fourth-order valence-electron chi connectivity index (χ4n) is 7.54. The van der Waals surface area contributed by atoms with Crippen LogP contribution in [0.1, 0.15) is 61.4 Å². The minimum absolute atomic E-state index is 0.250. The van der Waals surface area contributed by atoms with Crippen molar-refractivity contribution in [1.82, 2.24) is 14.8 Å². The van der Waals surface area contributed by atoms with Gasteiger partial charge >= 0.3 is 6.18 Å². The van der Waals surface area contributed by atoms with Crippen LogP contribution in [-0.2, 0) is 30.4 Å². The number of piperidine rings is 1. The van der Waals surface area contributed by atoms with Gasteiger partial charge in [-0.3, -0.25) is 9.69 Å². The van der Waals surface area contributed by atoms with E-state index in [1.54, 1.807) is 6.07 Å². The number of aromatic nitrogens is 1. The molecular formula is C33H42F3N3O2. The van der Waals surface area contributed by atoms with Gasteiger partial charge in [-0.1, -0.05) is 37.3 Å². The van der Waals surface area contributed by atoms with Crippen molar-refractivity contribution in [1.29, 1.82) is 0 Å². The normalized spacial score (nSPS) is 25.5. The largest absolute Gasteiger partial charge is 0.483 e. The molecule has 3 unspecified atom stereocenters. The minimum Gasteiger partial charge on any atom is -0.483 e. The van der Waals surface area contributed by atoms with E-state index < -0.39 is 11.7 Å². The van der Waals surface area contributed by atoms with Gasteiger partial charge in [-0.15, -0.1) is 0 Å². The molecule has 0 spiro atoms. The van der Waals surface area contributed by atoms with Gasteiger partial charge in [0, 0.05) is 36.2 Å². The molecule has 2 N–H and O–H groups in total. The van der Waals surface area contributed by atoms with Crippen molar-refractivity contribution in [3.8, 4) is 0 Å². The van der Waals surface area contributed by atoms with E-state index in [-0.39, 0.29) is 6.47 Å². The number of likely N-dealkylation sites (tertiary alicyclic amines) is 2. The Morgan fingerprint density at radius 2 is 1.80 bits per heavy atom. The molecule has 3 heterocycles. The zero-order valence-corrected chi connectivity index (χ0v) is 23.9. The summed E-state index contributed by atoms with van der Waals surface area (Å²) in [6, 6.07) is 15.0. The highest BCUT2D eigenvalue weighted by Crippen LogP contribution is 2.41. The number of H-pyrrole nitrogens is 1. The smallest absolute Gasteiger partial charge is 0.416 e.